The first kappa shape index (κ1) is 13.0. The maximum Gasteiger partial charge on any atom is 0.209 e. The minimum absolute atomic E-state index is 0.727. The second-order valence-corrected chi connectivity index (χ2v) is 6.56. The molecule has 0 radical (unpaired) electrons. The van der Waals surface area contributed by atoms with E-state index in [4.69, 9.17) is 0 Å². The van der Waals surface area contributed by atoms with Gasteiger partial charge >= 0.3 is 0 Å². The average Bonchev–Trinajstić information content (AvgIpc) is 2.95. The highest BCUT2D eigenvalue weighted by Crippen LogP contribution is 2.21. The molecule has 0 amide bonds. The number of tetrazole rings is 1. The van der Waals surface area contributed by atoms with Crippen molar-refractivity contribution in [1.29, 1.82) is 0 Å². The highest BCUT2D eigenvalue weighted by atomic mass is 32.2. The summed E-state index contributed by atoms with van der Waals surface area (Å²) >= 11 is 3.31. The smallest absolute Gasteiger partial charge is 0.209 e. The Morgan fingerprint density at radius 2 is 2.42 bits per heavy atom. The lowest BCUT2D eigenvalue weighted by molar-refractivity contribution is 0.509. The molecule has 102 valence electrons. The minimum Gasteiger partial charge on any atom is -0.312 e. The predicted molar refractivity (Wildman–Crippen MR) is 75.3 cm³/mol. The van der Waals surface area contributed by atoms with Crippen molar-refractivity contribution in [2.75, 3.05) is 6.54 Å². The van der Waals surface area contributed by atoms with Gasteiger partial charge < -0.3 is 5.32 Å². The average molecular weight is 296 g/mol. The first-order valence-electron chi connectivity index (χ1n) is 6.34. The van der Waals surface area contributed by atoms with E-state index in [2.05, 4.69) is 31.2 Å². The maximum absolute atomic E-state index is 4.44. The van der Waals surface area contributed by atoms with Crippen molar-refractivity contribution in [2.24, 2.45) is 0 Å². The minimum atomic E-state index is 0.727. The van der Waals surface area contributed by atoms with Crippen molar-refractivity contribution >= 4 is 23.1 Å². The van der Waals surface area contributed by atoms with E-state index in [1.54, 1.807) is 23.1 Å². The van der Waals surface area contributed by atoms with Gasteiger partial charge in [-0.1, -0.05) is 11.8 Å². The molecule has 0 unspecified atom stereocenters. The molecule has 2 heterocycles. The van der Waals surface area contributed by atoms with Gasteiger partial charge in [-0.3, -0.25) is 0 Å². The molecule has 0 saturated heterocycles. The van der Waals surface area contributed by atoms with E-state index in [0.717, 1.165) is 40.7 Å². The molecule has 0 bridgehead atoms. The topological polar surface area (TPSA) is 68.5 Å². The van der Waals surface area contributed by atoms with Gasteiger partial charge in [0.25, 0.3) is 0 Å². The molecule has 0 spiro atoms. The summed E-state index contributed by atoms with van der Waals surface area (Å²) in [5, 5.41) is 19.4. The molecule has 19 heavy (non-hydrogen) atoms. The number of hydrogen-bond acceptors (Lipinski definition) is 7. The van der Waals surface area contributed by atoms with Gasteiger partial charge in [0.1, 0.15) is 0 Å². The Morgan fingerprint density at radius 3 is 3.16 bits per heavy atom. The number of nitrogens with one attached hydrogen (secondary N) is 1. The molecule has 0 aliphatic heterocycles. The normalized spacial score (nSPS) is 15.0. The van der Waals surface area contributed by atoms with Crippen molar-refractivity contribution in [3.05, 3.63) is 16.1 Å². The summed E-state index contributed by atoms with van der Waals surface area (Å²) < 4.78 is 1.86. The highest BCUT2D eigenvalue weighted by Gasteiger charge is 2.20. The summed E-state index contributed by atoms with van der Waals surface area (Å²) in [4.78, 5) is 4.44. The van der Waals surface area contributed by atoms with Gasteiger partial charge in [-0.2, -0.15) is 0 Å². The monoisotopic (exact) mass is 296 g/mol. The van der Waals surface area contributed by atoms with Crippen molar-refractivity contribution in [1.82, 2.24) is 30.5 Å². The molecule has 1 saturated carbocycles. The molecule has 0 atom stereocenters. The fraction of sp³-hybridized carbons (Fsp3) is 0.636. The van der Waals surface area contributed by atoms with Crippen LogP contribution in [-0.2, 0) is 12.3 Å². The van der Waals surface area contributed by atoms with Crippen LogP contribution in [0.5, 0.6) is 0 Å². The van der Waals surface area contributed by atoms with Gasteiger partial charge in [-0.15, -0.1) is 16.4 Å². The third-order valence-corrected chi connectivity index (χ3v) is 4.66. The Hall–Kier alpha value is -0.990. The summed E-state index contributed by atoms with van der Waals surface area (Å²) in [6.07, 6.45) is 2.61. The van der Waals surface area contributed by atoms with E-state index in [0.29, 0.717) is 0 Å². The zero-order valence-electron chi connectivity index (χ0n) is 10.7. The predicted octanol–water partition coefficient (Wildman–Crippen LogP) is 1.48. The highest BCUT2D eigenvalue weighted by molar-refractivity contribution is 7.98. The third-order valence-electron chi connectivity index (χ3n) is 2.85. The Kier molecular flexibility index (Phi) is 4.09. The molecule has 1 fully saturated rings. The molecule has 2 aromatic rings. The summed E-state index contributed by atoms with van der Waals surface area (Å²) in [5.41, 5.74) is 1.10. The summed E-state index contributed by atoms with van der Waals surface area (Å²) in [5.74, 6) is 0.820. The summed E-state index contributed by atoms with van der Waals surface area (Å²) in [6, 6.07) is 0.727. The van der Waals surface area contributed by atoms with E-state index < -0.39 is 0 Å². The van der Waals surface area contributed by atoms with Crippen LogP contribution < -0.4 is 5.32 Å². The lowest BCUT2D eigenvalue weighted by Crippen LogP contribution is -2.22. The standard InChI is InChI=1S/C11H16N6S2/c1-8-13-10(6-18-8)7-19-11-14-15-16-17(11)5-4-12-9-2-3-9/h6,9,12H,2-5,7H2,1H3. The maximum atomic E-state index is 4.44. The number of hydrogen-bond donors (Lipinski definition) is 1. The van der Waals surface area contributed by atoms with Crippen molar-refractivity contribution in [3.63, 3.8) is 0 Å². The molecule has 3 rings (SSSR count). The molecular formula is C11H16N6S2. The van der Waals surface area contributed by atoms with Gasteiger partial charge in [0.2, 0.25) is 5.16 Å². The fourth-order valence-electron chi connectivity index (χ4n) is 1.72. The summed E-state index contributed by atoms with van der Waals surface area (Å²) in [6.45, 7) is 3.77. The molecule has 2 aromatic heterocycles. The Bertz CT molecular complexity index is 533. The van der Waals surface area contributed by atoms with Crippen LogP contribution in [0.4, 0.5) is 0 Å². The largest absolute Gasteiger partial charge is 0.312 e. The van der Waals surface area contributed by atoms with Crippen LogP contribution in [0.15, 0.2) is 10.5 Å². The molecule has 0 aromatic carbocycles. The second-order valence-electron chi connectivity index (χ2n) is 4.56. The van der Waals surface area contributed by atoms with Crippen LogP contribution in [0.3, 0.4) is 0 Å². The van der Waals surface area contributed by atoms with Crippen LogP contribution in [0.25, 0.3) is 0 Å². The van der Waals surface area contributed by atoms with Crippen molar-refractivity contribution in [2.45, 2.75) is 43.3 Å². The zero-order valence-corrected chi connectivity index (χ0v) is 12.4. The number of thioether (sulfide) groups is 1. The van der Waals surface area contributed by atoms with Crippen LogP contribution in [0, 0.1) is 6.92 Å². The van der Waals surface area contributed by atoms with Crippen LogP contribution in [0.2, 0.25) is 0 Å². The van der Waals surface area contributed by atoms with E-state index in [-0.39, 0.29) is 0 Å². The van der Waals surface area contributed by atoms with Crippen molar-refractivity contribution < 1.29 is 0 Å². The third kappa shape index (κ3) is 3.74. The number of nitrogens with zero attached hydrogens (tertiary/aromatic N) is 5. The van der Waals surface area contributed by atoms with E-state index >= 15 is 0 Å². The number of aromatic nitrogens is 5. The fourth-order valence-corrected chi connectivity index (χ4v) is 3.23. The number of rotatable bonds is 7. The SMILES string of the molecule is Cc1nc(CSc2nnnn2CCNC2CC2)cs1. The first-order valence-corrected chi connectivity index (χ1v) is 8.21. The molecule has 1 aliphatic carbocycles. The molecule has 1 aliphatic rings. The van der Waals surface area contributed by atoms with Crippen LogP contribution in [0.1, 0.15) is 23.5 Å². The van der Waals surface area contributed by atoms with Crippen LogP contribution >= 0.6 is 23.1 Å². The van der Waals surface area contributed by atoms with Crippen LogP contribution in [-0.4, -0.2) is 37.8 Å². The molecule has 8 heteroatoms. The summed E-state index contributed by atoms with van der Waals surface area (Å²) in [7, 11) is 0. The van der Waals surface area contributed by atoms with Gasteiger partial charge in [-0.25, -0.2) is 9.67 Å². The van der Waals surface area contributed by atoms with Crippen molar-refractivity contribution in [3.8, 4) is 0 Å². The Morgan fingerprint density at radius 1 is 1.53 bits per heavy atom. The van der Waals surface area contributed by atoms with E-state index in [1.165, 1.54) is 12.8 Å². The Balaban J connectivity index is 1.50. The number of aryl methyl sites for hydroxylation is 1. The first-order chi connectivity index (χ1) is 9.31. The lowest BCUT2D eigenvalue weighted by atomic mass is 10.6. The Labute approximate surface area is 120 Å². The molecular weight excluding hydrogens is 280 g/mol. The molecule has 6 nitrogen and oxygen atoms in total. The number of thiazole rings is 1. The second kappa shape index (κ2) is 5.98. The molecule has 1 N–H and O–H groups in total. The van der Waals surface area contributed by atoms with E-state index in [9.17, 15) is 0 Å². The lowest BCUT2D eigenvalue weighted by Gasteiger charge is -2.04. The van der Waals surface area contributed by atoms with E-state index in [1.807, 2.05) is 11.6 Å². The quantitative estimate of drug-likeness (QED) is 0.781. The van der Waals surface area contributed by atoms with Gasteiger partial charge in [0.05, 0.1) is 17.2 Å². The van der Waals surface area contributed by atoms with Gasteiger partial charge in [0.15, 0.2) is 0 Å². The van der Waals surface area contributed by atoms with Gasteiger partial charge in [0, 0.05) is 23.7 Å². The zero-order chi connectivity index (χ0) is 13.1. The van der Waals surface area contributed by atoms with Gasteiger partial charge in [-0.05, 0) is 30.2 Å².